The Balaban J connectivity index is 1.75. The van der Waals surface area contributed by atoms with Crippen molar-refractivity contribution in [2.45, 2.75) is 40.3 Å². The highest BCUT2D eigenvalue weighted by atomic mass is 79.9. The van der Waals surface area contributed by atoms with Gasteiger partial charge in [-0.3, -0.25) is 9.48 Å². The molecule has 1 N–H and O–H groups in total. The molecule has 0 aromatic carbocycles. The van der Waals surface area contributed by atoms with E-state index in [1.54, 1.807) is 12.5 Å². The van der Waals surface area contributed by atoms with Gasteiger partial charge in [0, 0.05) is 31.2 Å². The first kappa shape index (κ1) is 16.7. The molecule has 0 aliphatic carbocycles. The molecule has 0 unspecified atom stereocenters. The SMILES string of the molecule is Cc1nn(C[C@H](C)C(=O)NCCCn2ccnc2)c(C)c1Br. The lowest BCUT2D eigenvalue weighted by Gasteiger charge is -2.13. The van der Waals surface area contributed by atoms with E-state index in [0.29, 0.717) is 13.1 Å². The summed E-state index contributed by atoms with van der Waals surface area (Å²) in [5, 5.41) is 7.42. The fourth-order valence-corrected chi connectivity index (χ4v) is 2.55. The second-order valence-electron chi connectivity index (χ2n) is 5.51. The van der Waals surface area contributed by atoms with Crippen molar-refractivity contribution in [2.24, 2.45) is 5.92 Å². The fourth-order valence-electron chi connectivity index (χ4n) is 2.26. The zero-order valence-corrected chi connectivity index (χ0v) is 14.8. The molecule has 0 radical (unpaired) electrons. The summed E-state index contributed by atoms with van der Waals surface area (Å²) in [6.07, 6.45) is 6.35. The molecule has 0 saturated carbocycles. The van der Waals surface area contributed by atoms with E-state index in [9.17, 15) is 4.79 Å². The summed E-state index contributed by atoms with van der Waals surface area (Å²) in [4.78, 5) is 16.1. The second kappa shape index (κ2) is 7.58. The number of nitrogens with zero attached hydrogens (tertiary/aromatic N) is 4. The van der Waals surface area contributed by atoms with Crippen LogP contribution in [0.3, 0.4) is 0 Å². The predicted molar refractivity (Wildman–Crippen MR) is 88.4 cm³/mol. The molecule has 0 saturated heterocycles. The molecule has 2 rings (SSSR count). The number of halogens is 1. The zero-order valence-electron chi connectivity index (χ0n) is 13.2. The van der Waals surface area contributed by atoms with Crippen molar-refractivity contribution in [3.8, 4) is 0 Å². The number of amides is 1. The molecule has 1 amide bonds. The van der Waals surface area contributed by atoms with Gasteiger partial charge in [0.25, 0.3) is 0 Å². The van der Waals surface area contributed by atoms with Crippen LogP contribution in [0.5, 0.6) is 0 Å². The Morgan fingerprint density at radius 3 is 2.82 bits per heavy atom. The van der Waals surface area contributed by atoms with Gasteiger partial charge in [0.2, 0.25) is 5.91 Å². The van der Waals surface area contributed by atoms with Gasteiger partial charge in [-0.25, -0.2) is 4.98 Å². The van der Waals surface area contributed by atoms with E-state index in [4.69, 9.17) is 0 Å². The standard InChI is InChI=1S/C15H22BrN5O/c1-11(9-21-13(3)14(16)12(2)19-21)15(22)18-5-4-7-20-8-6-17-10-20/h6,8,10-11H,4-5,7,9H2,1-3H3,(H,18,22)/t11-/m0/s1. The van der Waals surface area contributed by atoms with Crippen molar-refractivity contribution in [1.82, 2.24) is 24.6 Å². The van der Waals surface area contributed by atoms with Crippen molar-refractivity contribution in [2.75, 3.05) is 6.54 Å². The summed E-state index contributed by atoms with van der Waals surface area (Å²) in [5.74, 6) is -0.0487. The summed E-state index contributed by atoms with van der Waals surface area (Å²) in [7, 11) is 0. The molecular weight excluding hydrogens is 346 g/mol. The molecule has 2 aromatic heterocycles. The van der Waals surface area contributed by atoms with Crippen molar-refractivity contribution in [3.63, 3.8) is 0 Å². The summed E-state index contributed by atoms with van der Waals surface area (Å²) in [5.41, 5.74) is 2.00. The van der Waals surface area contributed by atoms with E-state index in [-0.39, 0.29) is 11.8 Å². The summed E-state index contributed by atoms with van der Waals surface area (Å²) in [6.45, 7) is 8.00. The van der Waals surface area contributed by atoms with E-state index >= 15 is 0 Å². The highest BCUT2D eigenvalue weighted by molar-refractivity contribution is 9.10. The van der Waals surface area contributed by atoms with Crippen molar-refractivity contribution < 1.29 is 4.79 Å². The molecule has 0 aliphatic rings. The van der Waals surface area contributed by atoms with Gasteiger partial charge in [-0.2, -0.15) is 5.10 Å². The lowest BCUT2D eigenvalue weighted by Crippen LogP contribution is -2.33. The van der Waals surface area contributed by atoms with E-state index in [1.165, 1.54) is 0 Å². The van der Waals surface area contributed by atoms with Crippen LogP contribution in [0, 0.1) is 19.8 Å². The average molecular weight is 368 g/mol. The van der Waals surface area contributed by atoms with Crippen LogP contribution in [0.4, 0.5) is 0 Å². The molecule has 120 valence electrons. The molecule has 1 atom stereocenters. The zero-order chi connectivity index (χ0) is 16.1. The number of aryl methyl sites for hydroxylation is 2. The molecule has 2 aromatic rings. The van der Waals surface area contributed by atoms with Crippen LogP contribution in [0.15, 0.2) is 23.2 Å². The molecule has 22 heavy (non-hydrogen) atoms. The minimum atomic E-state index is -0.113. The molecule has 6 nitrogen and oxygen atoms in total. The Bertz CT molecular complexity index is 620. The van der Waals surface area contributed by atoms with Crippen LogP contribution in [-0.4, -0.2) is 31.8 Å². The quantitative estimate of drug-likeness (QED) is 0.763. The Hall–Kier alpha value is -1.63. The third-order valence-electron chi connectivity index (χ3n) is 3.64. The van der Waals surface area contributed by atoms with Crippen LogP contribution in [0.25, 0.3) is 0 Å². The summed E-state index contributed by atoms with van der Waals surface area (Å²) >= 11 is 3.51. The van der Waals surface area contributed by atoms with Gasteiger partial charge >= 0.3 is 0 Å². The van der Waals surface area contributed by atoms with Gasteiger partial charge < -0.3 is 9.88 Å². The Labute approximate surface area is 139 Å². The number of carbonyl (C=O) groups excluding carboxylic acids is 1. The Morgan fingerprint density at radius 1 is 1.45 bits per heavy atom. The van der Waals surface area contributed by atoms with Crippen LogP contribution >= 0.6 is 15.9 Å². The fraction of sp³-hybridized carbons (Fsp3) is 0.533. The van der Waals surface area contributed by atoms with E-state index in [0.717, 1.165) is 28.8 Å². The first-order valence-electron chi connectivity index (χ1n) is 7.42. The largest absolute Gasteiger partial charge is 0.356 e. The van der Waals surface area contributed by atoms with Gasteiger partial charge in [-0.05, 0) is 36.2 Å². The van der Waals surface area contributed by atoms with E-state index in [1.807, 2.05) is 36.2 Å². The predicted octanol–water partition coefficient (Wildman–Crippen LogP) is 2.30. The monoisotopic (exact) mass is 367 g/mol. The van der Waals surface area contributed by atoms with Crippen LogP contribution in [0.1, 0.15) is 24.7 Å². The normalized spacial score (nSPS) is 12.4. The van der Waals surface area contributed by atoms with Crippen molar-refractivity contribution >= 4 is 21.8 Å². The van der Waals surface area contributed by atoms with Gasteiger partial charge in [-0.1, -0.05) is 6.92 Å². The van der Waals surface area contributed by atoms with Gasteiger partial charge in [0.1, 0.15) is 0 Å². The maximum Gasteiger partial charge on any atom is 0.224 e. The van der Waals surface area contributed by atoms with E-state index < -0.39 is 0 Å². The minimum absolute atomic E-state index is 0.0642. The van der Waals surface area contributed by atoms with E-state index in [2.05, 4.69) is 31.3 Å². The number of hydrogen-bond acceptors (Lipinski definition) is 3. The van der Waals surface area contributed by atoms with Gasteiger partial charge in [-0.15, -0.1) is 0 Å². The maximum absolute atomic E-state index is 12.1. The number of hydrogen-bond donors (Lipinski definition) is 1. The topological polar surface area (TPSA) is 64.7 Å². The van der Waals surface area contributed by atoms with Crippen LogP contribution in [0.2, 0.25) is 0 Å². The average Bonchev–Trinajstić information content (AvgIpc) is 3.09. The first-order valence-corrected chi connectivity index (χ1v) is 8.21. The number of nitrogens with one attached hydrogen (secondary N) is 1. The molecule has 0 fully saturated rings. The maximum atomic E-state index is 12.1. The molecule has 0 aliphatic heterocycles. The molecule has 7 heteroatoms. The number of aromatic nitrogens is 4. The number of imidazole rings is 1. The lowest BCUT2D eigenvalue weighted by atomic mass is 10.1. The molecule has 2 heterocycles. The van der Waals surface area contributed by atoms with Gasteiger partial charge in [0.05, 0.1) is 29.0 Å². The highest BCUT2D eigenvalue weighted by Crippen LogP contribution is 2.20. The van der Waals surface area contributed by atoms with Crippen molar-refractivity contribution in [1.29, 1.82) is 0 Å². The Kier molecular flexibility index (Phi) is 5.76. The van der Waals surface area contributed by atoms with Crippen molar-refractivity contribution in [3.05, 3.63) is 34.6 Å². The Morgan fingerprint density at radius 2 is 2.23 bits per heavy atom. The molecule has 0 spiro atoms. The minimum Gasteiger partial charge on any atom is -0.356 e. The third-order valence-corrected chi connectivity index (χ3v) is 4.79. The molecular formula is C15H22BrN5O. The van der Waals surface area contributed by atoms with Crippen LogP contribution < -0.4 is 5.32 Å². The molecule has 0 bridgehead atoms. The number of carbonyl (C=O) groups is 1. The summed E-state index contributed by atoms with van der Waals surface area (Å²) < 4.78 is 4.90. The third kappa shape index (κ3) is 4.19. The smallest absolute Gasteiger partial charge is 0.224 e. The first-order chi connectivity index (χ1) is 10.5. The second-order valence-corrected chi connectivity index (χ2v) is 6.31. The summed E-state index contributed by atoms with van der Waals surface area (Å²) in [6, 6.07) is 0. The van der Waals surface area contributed by atoms with Gasteiger partial charge in [0.15, 0.2) is 0 Å². The van der Waals surface area contributed by atoms with Crippen LogP contribution in [-0.2, 0) is 17.9 Å². The lowest BCUT2D eigenvalue weighted by molar-refractivity contribution is -0.124. The highest BCUT2D eigenvalue weighted by Gasteiger charge is 2.16. The number of rotatable bonds is 7.